The molecule has 0 radical (unpaired) electrons. The first-order chi connectivity index (χ1) is 44.4. The lowest BCUT2D eigenvalue weighted by molar-refractivity contribution is -0.132. The Labute approximate surface area is 550 Å². The second-order valence-corrected chi connectivity index (χ2v) is 23.6. The Bertz CT molecular complexity index is 4120. The van der Waals surface area contributed by atoms with Crippen molar-refractivity contribution in [3.8, 4) is 11.5 Å². The van der Waals surface area contributed by atoms with Crippen LogP contribution in [-0.4, -0.2) is 88.5 Å². The van der Waals surface area contributed by atoms with E-state index >= 15 is 0 Å². The van der Waals surface area contributed by atoms with E-state index in [2.05, 4.69) is 85.7 Å². The molecule has 10 rings (SSSR count). The SMILES string of the molecule is C=CCN(CC=C)C(=O)CCl.C=CCN(CC=C)C(=O)COc1cc(C)c(Nc2ccc(Nc3c(C)cc(C)cc3C)c3c2C(=O)c2ccccc2C3=O)c(C)c1.Cc1cc(C)c(Nc2ccc(Nc3c(C)cc(O)cc3C)c3c2C(=O)c2ccccc2C3=O)c(C)c1. The number of benzene rings is 8. The Kier molecular flexibility index (Phi) is 22.1. The van der Waals surface area contributed by atoms with Crippen molar-refractivity contribution in [3.05, 3.63) is 272 Å². The molecule has 15 heteroatoms. The second-order valence-electron chi connectivity index (χ2n) is 23.3. The van der Waals surface area contributed by atoms with E-state index in [0.717, 1.165) is 78.4 Å². The van der Waals surface area contributed by atoms with Gasteiger partial charge in [-0.2, -0.15) is 0 Å². The van der Waals surface area contributed by atoms with E-state index < -0.39 is 0 Å². The first-order valence-electron chi connectivity index (χ1n) is 30.5. The van der Waals surface area contributed by atoms with Gasteiger partial charge in [0.1, 0.15) is 17.4 Å². The van der Waals surface area contributed by atoms with E-state index in [9.17, 15) is 33.9 Å². The predicted octanol–water partition coefficient (Wildman–Crippen LogP) is 16.7. The summed E-state index contributed by atoms with van der Waals surface area (Å²) < 4.78 is 5.87. The van der Waals surface area contributed by atoms with E-state index in [1.165, 1.54) is 0 Å². The zero-order valence-corrected chi connectivity index (χ0v) is 55.3. The van der Waals surface area contributed by atoms with Crippen molar-refractivity contribution < 1.29 is 38.6 Å². The second kappa shape index (κ2) is 30.0. The lowest BCUT2D eigenvalue weighted by Crippen LogP contribution is -2.35. The highest BCUT2D eigenvalue weighted by molar-refractivity contribution is 6.33. The molecule has 0 atom stereocenters. The molecule has 93 heavy (non-hydrogen) atoms. The first kappa shape index (κ1) is 68.3. The van der Waals surface area contributed by atoms with Gasteiger partial charge >= 0.3 is 0 Å². The average molecular weight is 1260 g/mol. The molecule has 0 bridgehead atoms. The van der Waals surface area contributed by atoms with Crippen LogP contribution in [0.15, 0.2) is 172 Å². The third-order valence-corrected chi connectivity index (χ3v) is 16.4. The van der Waals surface area contributed by atoms with Gasteiger partial charge < -0.3 is 40.9 Å². The number of aromatic hydroxyl groups is 1. The molecule has 2 amide bonds. The summed E-state index contributed by atoms with van der Waals surface area (Å²) in [6.45, 7) is 36.1. The number of hydrogen-bond acceptors (Lipinski definition) is 12. The molecule has 0 aromatic heterocycles. The molecule has 0 unspecified atom stereocenters. The summed E-state index contributed by atoms with van der Waals surface area (Å²) in [7, 11) is 0. The van der Waals surface area contributed by atoms with Crippen molar-refractivity contribution in [2.75, 3.05) is 59.9 Å². The van der Waals surface area contributed by atoms with Gasteiger partial charge in [-0.1, -0.05) is 108 Å². The van der Waals surface area contributed by atoms with Gasteiger partial charge in [0, 0.05) is 71.2 Å². The summed E-state index contributed by atoms with van der Waals surface area (Å²) in [5.74, 6) is -0.317. The Morgan fingerprint density at radius 2 is 0.677 bits per heavy atom. The quantitative estimate of drug-likeness (QED) is 0.0277. The van der Waals surface area contributed by atoms with Crippen molar-refractivity contribution in [3.63, 3.8) is 0 Å². The van der Waals surface area contributed by atoms with Crippen molar-refractivity contribution in [1.29, 1.82) is 0 Å². The van der Waals surface area contributed by atoms with Gasteiger partial charge in [0.2, 0.25) is 5.91 Å². The normalized spacial score (nSPS) is 11.6. The average Bonchev–Trinajstić information content (AvgIpc) is 0.747. The van der Waals surface area contributed by atoms with E-state index in [1.54, 1.807) is 94.8 Å². The number of alkyl halides is 1. The highest BCUT2D eigenvalue weighted by Gasteiger charge is 2.36. The Morgan fingerprint density at radius 1 is 0.419 bits per heavy atom. The van der Waals surface area contributed by atoms with Gasteiger partial charge in [-0.05, 0) is 162 Å². The molecule has 8 aromatic rings. The molecular formula is C78H79ClN6O8. The van der Waals surface area contributed by atoms with Crippen LogP contribution >= 0.6 is 11.6 Å². The number of halogens is 1. The standard InChI is InChI=1S/C39H39N3O4.C31H28N2O3.C8H12ClNO/c1-8-16-42(17-9-2)33(43)22-46-28-20-26(6)37(27(7)21-28)41-32-15-14-31(40-36-24(4)18-23(3)19-25(36)5)34-35(32)39(45)30-13-11-10-12-29(30)38(34)44;1-16-12-17(2)28(18(3)13-16)32-24-10-11-25(33-29-19(4)14-21(34)15-20(29)5)27-26(24)30(35)22-8-6-7-9-23(22)31(27)36;1-3-5-10(6-4-2)8(11)7-9/h8-15,18-21,40-41H,1-2,16-17,22H2,3-7H3;6-15,32-34H,1-5H3;3-4H,1-2,5-7H2. The summed E-state index contributed by atoms with van der Waals surface area (Å²) >= 11 is 5.36. The number of nitrogens with zero attached hydrogens (tertiary/aromatic N) is 2. The molecule has 0 aliphatic heterocycles. The zero-order chi connectivity index (χ0) is 67.5. The van der Waals surface area contributed by atoms with Gasteiger partial charge in [-0.25, -0.2) is 0 Å². The maximum Gasteiger partial charge on any atom is 0.261 e. The number of aryl methyl sites for hydroxylation is 10. The molecule has 0 spiro atoms. The maximum atomic E-state index is 14.1. The highest BCUT2D eigenvalue weighted by atomic mass is 35.5. The van der Waals surface area contributed by atoms with Crippen molar-refractivity contribution >= 4 is 92.0 Å². The van der Waals surface area contributed by atoms with Crippen LogP contribution in [0, 0.1) is 69.2 Å². The summed E-state index contributed by atoms with van der Waals surface area (Å²) in [5, 5.41) is 23.8. The van der Waals surface area contributed by atoms with Gasteiger partial charge in [0.05, 0.1) is 45.0 Å². The highest BCUT2D eigenvalue weighted by Crippen LogP contribution is 2.43. The number of nitrogens with one attached hydrogen (secondary N) is 4. The molecule has 0 saturated carbocycles. The van der Waals surface area contributed by atoms with Gasteiger partial charge in [0.25, 0.3) is 5.91 Å². The molecule has 8 aromatic carbocycles. The van der Waals surface area contributed by atoms with E-state index in [1.807, 2.05) is 91.8 Å². The van der Waals surface area contributed by atoms with Gasteiger partial charge in [-0.15, -0.1) is 37.9 Å². The molecule has 14 nitrogen and oxygen atoms in total. The summed E-state index contributed by atoms with van der Waals surface area (Å²) in [5.41, 5.74) is 18.5. The molecule has 476 valence electrons. The lowest BCUT2D eigenvalue weighted by atomic mass is 9.82. The monoisotopic (exact) mass is 1260 g/mol. The predicted molar refractivity (Wildman–Crippen MR) is 378 cm³/mol. The smallest absolute Gasteiger partial charge is 0.261 e. The van der Waals surface area contributed by atoms with E-state index in [-0.39, 0.29) is 53.2 Å². The van der Waals surface area contributed by atoms with Crippen LogP contribution in [0.1, 0.15) is 119 Å². The number of ketones is 4. The minimum absolute atomic E-state index is 0.0156. The minimum atomic E-state index is -0.217. The number of anilines is 8. The maximum absolute atomic E-state index is 14.1. The fourth-order valence-corrected chi connectivity index (χ4v) is 12.2. The fourth-order valence-electron chi connectivity index (χ4n) is 12.0. The molecule has 0 saturated heterocycles. The number of hydrogen-bond donors (Lipinski definition) is 5. The topological polar surface area (TPSA) is 186 Å². The summed E-state index contributed by atoms with van der Waals surface area (Å²) in [6.07, 6.45) is 6.65. The van der Waals surface area contributed by atoms with E-state index in [4.69, 9.17) is 16.3 Å². The van der Waals surface area contributed by atoms with Crippen LogP contribution in [0.3, 0.4) is 0 Å². The van der Waals surface area contributed by atoms with E-state index in [0.29, 0.717) is 99.2 Å². The Balaban J connectivity index is 0.000000210. The number of phenols is 1. The molecule has 0 fully saturated rings. The lowest BCUT2D eigenvalue weighted by Gasteiger charge is -2.25. The van der Waals surface area contributed by atoms with Crippen molar-refractivity contribution in [2.45, 2.75) is 69.2 Å². The van der Waals surface area contributed by atoms with Gasteiger partial charge in [-0.3, -0.25) is 28.8 Å². The Morgan fingerprint density at radius 3 is 0.946 bits per heavy atom. The first-order valence-corrected chi connectivity index (χ1v) is 31.0. The summed E-state index contributed by atoms with van der Waals surface area (Å²) in [6, 6.07) is 36.7. The fraction of sp³-hybridized carbons (Fsp3) is 0.205. The zero-order valence-electron chi connectivity index (χ0n) is 54.5. The van der Waals surface area contributed by atoms with Crippen LogP contribution in [0.2, 0.25) is 0 Å². The van der Waals surface area contributed by atoms with Crippen molar-refractivity contribution in [1.82, 2.24) is 9.80 Å². The molecule has 0 heterocycles. The third kappa shape index (κ3) is 15.1. The molecule has 2 aliphatic rings. The number of carbonyl (C=O) groups excluding carboxylic acids is 6. The summed E-state index contributed by atoms with van der Waals surface area (Å²) in [4.78, 5) is 82.6. The molecular weight excluding hydrogens is 1180 g/mol. The third-order valence-electron chi connectivity index (χ3n) is 16.1. The van der Waals surface area contributed by atoms with Crippen LogP contribution in [0.25, 0.3) is 0 Å². The minimum Gasteiger partial charge on any atom is -0.508 e. The number of phenolic OH excluding ortho intramolecular Hbond substituents is 1. The van der Waals surface area contributed by atoms with Crippen LogP contribution in [0.5, 0.6) is 11.5 Å². The number of ether oxygens (including phenoxy) is 1. The number of amides is 2. The molecule has 5 N–H and O–H groups in total. The van der Waals surface area contributed by atoms with Crippen LogP contribution in [0.4, 0.5) is 45.5 Å². The van der Waals surface area contributed by atoms with Crippen LogP contribution < -0.4 is 26.0 Å². The molecule has 2 aliphatic carbocycles. The largest absolute Gasteiger partial charge is 0.508 e. The number of fused-ring (bicyclic) bond motifs is 4. The van der Waals surface area contributed by atoms with Crippen LogP contribution in [-0.2, 0) is 9.59 Å². The number of carbonyl (C=O) groups is 6. The Hall–Kier alpha value is -10.6. The van der Waals surface area contributed by atoms with Crippen molar-refractivity contribution in [2.24, 2.45) is 0 Å². The van der Waals surface area contributed by atoms with Gasteiger partial charge in [0.15, 0.2) is 29.7 Å². The number of rotatable bonds is 20.